The molecule has 0 amide bonds. The van der Waals surface area contributed by atoms with Crippen LogP contribution in [0.3, 0.4) is 0 Å². The Balaban J connectivity index is 2.64. The average Bonchev–Trinajstić information content (AvgIpc) is 2.66. The summed E-state index contributed by atoms with van der Waals surface area (Å²) in [5.74, 6) is 0.603. The smallest absolute Gasteiger partial charge is 0.0951 e. The Morgan fingerprint density at radius 3 is 2.79 bits per heavy atom. The monoisotopic (exact) mass is 195 g/mol. The summed E-state index contributed by atoms with van der Waals surface area (Å²) in [7, 11) is 0. The lowest BCUT2D eigenvalue weighted by Gasteiger charge is -2.33. The second-order valence-electron chi connectivity index (χ2n) is 4.13. The first-order chi connectivity index (χ1) is 6.74. The van der Waals surface area contributed by atoms with E-state index < -0.39 is 0 Å². The standard InChI is InChI=1S/C11H21N3/c1-3-14(9(2)7-12)11-6-4-5-10(11)8-13/h9-11H,3-6,8,13H2,1-2H3. The fourth-order valence-corrected chi connectivity index (χ4v) is 2.60. The van der Waals surface area contributed by atoms with Gasteiger partial charge >= 0.3 is 0 Å². The lowest BCUT2D eigenvalue weighted by molar-refractivity contribution is 0.149. The molecule has 3 unspecified atom stereocenters. The molecule has 0 bridgehead atoms. The van der Waals surface area contributed by atoms with Gasteiger partial charge in [-0.05, 0) is 38.8 Å². The first kappa shape index (κ1) is 11.5. The summed E-state index contributed by atoms with van der Waals surface area (Å²) in [6, 6.07) is 2.89. The van der Waals surface area contributed by atoms with Crippen molar-refractivity contribution in [1.29, 1.82) is 5.26 Å². The van der Waals surface area contributed by atoms with Gasteiger partial charge in [0.1, 0.15) is 0 Å². The van der Waals surface area contributed by atoms with Crippen molar-refractivity contribution in [2.45, 2.75) is 45.2 Å². The van der Waals surface area contributed by atoms with Gasteiger partial charge in [-0.3, -0.25) is 4.90 Å². The number of rotatable bonds is 4. The molecule has 14 heavy (non-hydrogen) atoms. The molecular weight excluding hydrogens is 174 g/mol. The summed E-state index contributed by atoms with van der Waals surface area (Å²) < 4.78 is 0. The molecule has 0 heterocycles. The van der Waals surface area contributed by atoms with Crippen LogP contribution in [0.5, 0.6) is 0 Å². The van der Waals surface area contributed by atoms with Crippen LogP contribution < -0.4 is 5.73 Å². The summed E-state index contributed by atoms with van der Waals surface area (Å²) in [6.45, 7) is 5.82. The van der Waals surface area contributed by atoms with E-state index in [1.54, 1.807) is 0 Å². The van der Waals surface area contributed by atoms with Crippen molar-refractivity contribution in [3.63, 3.8) is 0 Å². The Morgan fingerprint density at radius 1 is 1.57 bits per heavy atom. The maximum atomic E-state index is 8.93. The Labute approximate surface area is 86.9 Å². The number of hydrogen-bond acceptors (Lipinski definition) is 3. The zero-order valence-electron chi connectivity index (χ0n) is 9.24. The Hall–Kier alpha value is -0.590. The lowest BCUT2D eigenvalue weighted by Crippen LogP contribution is -2.44. The number of nitriles is 1. The molecule has 3 atom stereocenters. The van der Waals surface area contributed by atoms with Gasteiger partial charge in [0, 0.05) is 6.04 Å². The number of hydrogen-bond donors (Lipinski definition) is 1. The highest BCUT2D eigenvalue weighted by atomic mass is 15.2. The fourth-order valence-electron chi connectivity index (χ4n) is 2.60. The van der Waals surface area contributed by atoms with Crippen LogP contribution in [0.4, 0.5) is 0 Å². The minimum atomic E-state index is 0.0251. The van der Waals surface area contributed by atoms with E-state index in [2.05, 4.69) is 17.9 Å². The van der Waals surface area contributed by atoms with E-state index in [4.69, 9.17) is 11.0 Å². The topological polar surface area (TPSA) is 53.0 Å². The molecule has 3 nitrogen and oxygen atoms in total. The summed E-state index contributed by atoms with van der Waals surface area (Å²) in [5.41, 5.74) is 5.75. The number of nitrogens with two attached hydrogens (primary N) is 1. The van der Waals surface area contributed by atoms with Gasteiger partial charge in [-0.25, -0.2) is 0 Å². The van der Waals surface area contributed by atoms with Gasteiger partial charge in [-0.1, -0.05) is 13.3 Å². The van der Waals surface area contributed by atoms with E-state index in [1.165, 1.54) is 19.3 Å². The largest absolute Gasteiger partial charge is 0.330 e. The van der Waals surface area contributed by atoms with Crippen molar-refractivity contribution in [3.05, 3.63) is 0 Å². The van der Waals surface area contributed by atoms with E-state index in [9.17, 15) is 0 Å². The quantitative estimate of drug-likeness (QED) is 0.736. The molecule has 1 rings (SSSR count). The fraction of sp³-hybridized carbons (Fsp3) is 0.909. The van der Waals surface area contributed by atoms with Crippen molar-refractivity contribution >= 4 is 0 Å². The minimum Gasteiger partial charge on any atom is -0.330 e. The SMILES string of the molecule is CCN(C(C)C#N)C1CCCC1CN. The van der Waals surface area contributed by atoms with Crippen LogP contribution in [0.25, 0.3) is 0 Å². The Morgan fingerprint density at radius 2 is 2.29 bits per heavy atom. The third-order valence-electron chi connectivity index (χ3n) is 3.40. The third-order valence-corrected chi connectivity index (χ3v) is 3.40. The predicted octanol–water partition coefficient (Wildman–Crippen LogP) is 1.35. The molecule has 1 fully saturated rings. The normalized spacial score (nSPS) is 29.1. The molecule has 0 spiro atoms. The van der Waals surface area contributed by atoms with Gasteiger partial charge in [0.2, 0.25) is 0 Å². The van der Waals surface area contributed by atoms with Crippen molar-refractivity contribution in [2.75, 3.05) is 13.1 Å². The van der Waals surface area contributed by atoms with Crippen LogP contribution in [-0.2, 0) is 0 Å². The van der Waals surface area contributed by atoms with Crippen molar-refractivity contribution in [3.8, 4) is 6.07 Å². The van der Waals surface area contributed by atoms with Crippen molar-refractivity contribution < 1.29 is 0 Å². The first-order valence-electron chi connectivity index (χ1n) is 5.60. The molecule has 1 aliphatic rings. The van der Waals surface area contributed by atoms with E-state index >= 15 is 0 Å². The first-order valence-corrected chi connectivity index (χ1v) is 5.60. The van der Waals surface area contributed by atoms with E-state index in [1.807, 2.05) is 6.92 Å². The molecule has 1 saturated carbocycles. The Kier molecular flexibility index (Phi) is 4.37. The van der Waals surface area contributed by atoms with Crippen LogP contribution in [0, 0.1) is 17.2 Å². The third kappa shape index (κ3) is 2.26. The molecule has 0 radical (unpaired) electrons. The number of nitrogens with zero attached hydrogens (tertiary/aromatic N) is 2. The van der Waals surface area contributed by atoms with Gasteiger partial charge in [0.15, 0.2) is 0 Å². The lowest BCUT2D eigenvalue weighted by atomic mass is 10.0. The highest BCUT2D eigenvalue weighted by molar-refractivity contribution is 4.95. The van der Waals surface area contributed by atoms with Crippen LogP contribution in [0.15, 0.2) is 0 Å². The predicted molar refractivity (Wildman–Crippen MR) is 57.6 cm³/mol. The summed E-state index contributed by atoms with van der Waals surface area (Å²) >= 11 is 0. The molecule has 0 aromatic rings. The van der Waals surface area contributed by atoms with E-state index in [-0.39, 0.29) is 6.04 Å². The van der Waals surface area contributed by atoms with Gasteiger partial charge in [0.25, 0.3) is 0 Å². The summed E-state index contributed by atoms with van der Waals surface area (Å²) in [6.07, 6.45) is 3.71. The Bertz CT molecular complexity index is 209. The van der Waals surface area contributed by atoms with E-state index in [0.29, 0.717) is 12.0 Å². The van der Waals surface area contributed by atoms with Gasteiger partial charge in [-0.2, -0.15) is 5.26 Å². The van der Waals surface area contributed by atoms with Crippen LogP contribution in [-0.4, -0.2) is 30.1 Å². The second kappa shape index (κ2) is 5.33. The minimum absolute atomic E-state index is 0.0251. The average molecular weight is 195 g/mol. The zero-order chi connectivity index (χ0) is 10.6. The van der Waals surface area contributed by atoms with Gasteiger partial charge in [0.05, 0.1) is 12.1 Å². The maximum Gasteiger partial charge on any atom is 0.0951 e. The molecular formula is C11H21N3. The van der Waals surface area contributed by atoms with Crippen LogP contribution in [0.2, 0.25) is 0 Å². The van der Waals surface area contributed by atoms with E-state index in [0.717, 1.165) is 13.1 Å². The van der Waals surface area contributed by atoms with Crippen molar-refractivity contribution in [1.82, 2.24) is 4.90 Å². The second-order valence-corrected chi connectivity index (χ2v) is 4.13. The highest BCUT2D eigenvalue weighted by Gasteiger charge is 2.32. The van der Waals surface area contributed by atoms with Gasteiger partial charge < -0.3 is 5.73 Å². The molecule has 2 N–H and O–H groups in total. The molecule has 0 aromatic heterocycles. The molecule has 0 aromatic carbocycles. The zero-order valence-corrected chi connectivity index (χ0v) is 9.24. The maximum absolute atomic E-state index is 8.93. The molecule has 80 valence electrons. The van der Waals surface area contributed by atoms with Crippen LogP contribution >= 0.6 is 0 Å². The highest BCUT2D eigenvalue weighted by Crippen LogP contribution is 2.30. The molecule has 0 aliphatic heterocycles. The van der Waals surface area contributed by atoms with Crippen molar-refractivity contribution in [2.24, 2.45) is 11.7 Å². The van der Waals surface area contributed by atoms with Gasteiger partial charge in [-0.15, -0.1) is 0 Å². The molecule has 3 heteroatoms. The molecule has 1 aliphatic carbocycles. The molecule has 0 saturated heterocycles. The summed E-state index contributed by atoms with van der Waals surface area (Å²) in [5, 5.41) is 8.93. The summed E-state index contributed by atoms with van der Waals surface area (Å²) in [4.78, 5) is 2.30. The van der Waals surface area contributed by atoms with Crippen LogP contribution in [0.1, 0.15) is 33.1 Å².